The molecule has 92 valence electrons. The fraction of sp³-hybridized carbons (Fsp3) is 0.143. The number of carbonyl (C=O) groups is 1. The number of hydrogen-bond acceptors (Lipinski definition) is 4. The maximum Gasteiger partial charge on any atom is 0.342 e. The molecule has 0 bridgehead atoms. The van der Waals surface area contributed by atoms with E-state index in [1.54, 1.807) is 0 Å². The molecule has 0 saturated heterocycles. The molecule has 0 saturated carbocycles. The van der Waals surface area contributed by atoms with Gasteiger partial charge in [-0.1, -0.05) is 30.3 Å². The second-order valence-corrected chi connectivity index (χ2v) is 3.99. The molecule has 1 N–H and O–H groups in total. The first-order valence-corrected chi connectivity index (χ1v) is 5.49. The van der Waals surface area contributed by atoms with E-state index in [9.17, 15) is 14.7 Å². The molecule has 4 nitrogen and oxygen atoms in total. The highest BCUT2D eigenvalue weighted by Gasteiger charge is 2.14. The van der Waals surface area contributed by atoms with Gasteiger partial charge >= 0.3 is 5.63 Å². The predicted molar refractivity (Wildman–Crippen MR) is 65.9 cm³/mol. The zero-order valence-corrected chi connectivity index (χ0v) is 9.84. The van der Waals surface area contributed by atoms with Gasteiger partial charge in [-0.3, -0.25) is 4.79 Å². The van der Waals surface area contributed by atoms with Gasteiger partial charge in [0.15, 0.2) is 5.76 Å². The lowest BCUT2D eigenvalue weighted by atomic mass is 10.1. The molecular weight excluding hydrogens is 232 g/mol. The average Bonchev–Trinajstić information content (AvgIpc) is 2.36. The molecule has 4 heteroatoms. The Balaban J connectivity index is 2.28. The van der Waals surface area contributed by atoms with E-state index in [-0.39, 0.29) is 29.3 Å². The zero-order valence-electron chi connectivity index (χ0n) is 9.84. The van der Waals surface area contributed by atoms with Crippen LogP contribution in [0.2, 0.25) is 0 Å². The second-order valence-electron chi connectivity index (χ2n) is 3.99. The molecule has 1 aromatic heterocycles. The summed E-state index contributed by atoms with van der Waals surface area (Å²) in [6.07, 6.45) is 0.131. The summed E-state index contributed by atoms with van der Waals surface area (Å²) in [6.45, 7) is 1.44. The molecule has 0 aliphatic carbocycles. The van der Waals surface area contributed by atoms with Gasteiger partial charge < -0.3 is 9.52 Å². The van der Waals surface area contributed by atoms with Crippen molar-refractivity contribution >= 4 is 5.78 Å². The fourth-order valence-corrected chi connectivity index (χ4v) is 1.55. The molecular formula is C14H12O4. The Morgan fingerprint density at radius 3 is 2.56 bits per heavy atom. The number of Topliss-reactive ketones (excluding diaryl/α,β-unsaturated/α-hetero) is 1. The molecule has 18 heavy (non-hydrogen) atoms. The summed E-state index contributed by atoms with van der Waals surface area (Å²) in [5.41, 5.74) is 0.239. The first-order chi connectivity index (χ1) is 8.58. The van der Waals surface area contributed by atoms with Crippen LogP contribution in [-0.2, 0) is 6.42 Å². The predicted octanol–water partition coefficient (Wildman–Crippen LogP) is 2.08. The van der Waals surface area contributed by atoms with Crippen LogP contribution < -0.4 is 5.63 Å². The van der Waals surface area contributed by atoms with Crippen molar-refractivity contribution in [2.24, 2.45) is 0 Å². The molecule has 1 aromatic carbocycles. The Morgan fingerprint density at radius 2 is 1.94 bits per heavy atom. The summed E-state index contributed by atoms with van der Waals surface area (Å²) in [5.74, 6) is -0.678. The molecule has 0 aliphatic heterocycles. The Morgan fingerprint density at radius 1 is 1.28 bits per heavy atom. The molecule has 0 atom stereocenters. The van der Waals surface area contributed by atoms with Crippen molar-refractivity contribution in [2.45, 2.75) is 13.3 Å². The normalized spacial score (nSPS) is 10.3. The van der Waals surface area contributed by atoms with E-state index in [2.05, 4.69) is 0 Å². The molecule has 0 amide bonds. The van der Waals surface area contributed by atoms with Crippen molar-refractivity contribution in [3.8, 4) is 5.75 Å². The first-order valence-electron chi connectivity index (χ1n) is 5.49. The number of aromatic hydroxyl groups is 1. The zero-order chi connectivity index (χ0) is 13.1. The van der Waals surface area contributed by atoms with Crippen molar-refractivity contribution in [1.29, 1.82) is 0 Å². The van der Waals surface area contributed by atoms with Crippen LogP contribution in [-0.4, -0.2) is 10.9 Å². The second kappa shape index (κ2) is 4.87. The van der Waals surface area contributed by atoms with Crippen LogP contribution in [0.25, 0.3) is 0 Å². The third kappa shape index (κ3) is 2.48. The van der Waals surface area contributed by atoms with Crippen LogP contribution in [0, 0.1) is 6.92 Å². The lowest BCUT2D eigenvalue weighted by Crippen LogP contribution is -2.10. The molecule has 0 fully saturated rings. The van der Waals surface area contributed by atoms with Gasteiger partial charge in [-0.15, -0.1) is 0 Å². The van der Waals surface area contributed by atoms with Gasteiger partial charge in [0.1, 0.15) is 5.75 Å². The number of ketones is 1. The molecule has 2 rings (SSSR count). The Hall–Kier alpha value is -2.36. The van der Waals surface area contributed by atoms with Crippen molar-refractivity contribution in [3.63, 3.8) is 0 Å². The van der Waals surface area contributed by atoms with Crippen molar-refractivity contribution < 1.29 is 14.3 Å². The van der Waals surface area contributed by atoms with Gasteiger partial charge in [-0.05, 0) is 12.5 Å². The lowest BCUT2D eigenvalue weighted by molar-refractivity contribution is 0.0961. The van der Waals surface area contributed by atoms with E-state index < -0.39 is 5.63 Å². The summed E-state index contributed by atoms with van der Waals surface area (Å²) < 4.78 is 4.86. The lowest BCUT2D eigenvalue weighted by Gasteiger charge is -2.02. The molecule has 0 spiro atoms. The van der Waals surface area contributed by atoms with E-state index in [4.69, 9.17) is 4.42 Å². The minimum atomic E-state index is -0.689. The number of rotatable bonds is 3. The minimum Gasteiger partial charge on any atom is -0.507 e. The first kappa shape index (κ1) is 12.1. The van der Waals surface area contributed by atoms with Crippen molar-refractivity contribution in [1.82, 2.24) is 0 Å². The van der Waals surface area contributed by atoms with Gasteiger partial charge in [0.05, 0.1) is 5.56 Å². The highest BCUT2D eigenvalue weighted by Crippen LogP contribution is 2.15. The maximum atomic E-state index is 11.9. The quantitative estimate of drug-likeness (QED) is 0.839. The van der Waals surface area contributed by atoms with Crippen LogP contribution in [0.5, 0.6) is 5.75 Å². The molecule has 0 radical (unpaired) electrons. The van der Waals surface area contributed by atoms with Crippen LogP contribution in [0.15, 0.2) is 45.6 Å². The molecule has 2 aromatic rings. The van der Waals surface area contributed by atoms with E-state index >= 15 is 0 Å². The Bertz CT molecular complexity index is 626. The summed E-state index contributed by atoms with van der Waals surface area (Å²) in [5, 5.41) is 9.48. The number of hydrogen-bond donors (Lipinski definition) is 1. The van der Waals surface area contributed by atoms with Gasteiger partial charge in [-0.2, -0.15) is 0 Å². The van der Waals surface area contributed by atoms with Gasteiger partial charge in [0, 0.05) is 12.5 Å². The van der Waals surface area contributed by atoms with E-state index in [0.29, 0.717) is 0 Å². The van der Waals surface area contributed by atoms with Crippen LogP contribution in [0.3, 0.4) is 0 Å². The minimum absolute atomic E-state index is 0.103. The summed E-state index contributed by atoms with van der Waals surface area (Å²) in [4.78, 5) is 23.2. The van der Waals surface area contributed by atoms with Crippen molar-refractivity contribution in [2.75, 3.05) is 0 Å². The van der Waals surface area contributed by atoms with Crippen molar-refractivity contribution in [3.05, 3.63) is 63.7 Å². The highest BCUT2D eigenvalue weighted by molar-refractivity contribution is 5.95. The third-order valence-corrected chi connectivity index (χ3v) is 2.64. The van der Waals surface area contributed by atoms with Crippen LogP contribution >= 0.6 is 0 Å². The fourth-order valence-electron chi connectivity index (χ4n) is 1.55. The standard InChI is InChI=1S/C14H12O4/c1-9-11(15)8-13(18-14(9)17)12(16)7-10-5-3-2-4-6-10/h2-6,8,15H,7H2,1H3. The van der Waals surface area contributed by atoms with Crippen LogP contribution in [0.1, 0.15) is 21.7 Å². The molecule has 0 aliphatic rings. The van der Waals surface area contributed by atoms with Gasteiger partial charge in [0.2, 0.25) is 5.78 Å². The van der Waals surface area contributed by atoms with Crippen LogP contribution in [0.4, 0.5) is 0 Å². The van der Waals surface area contributed by atoms with Gasteiger partial charge in [0.25, 0.3) is 0 Å². The van der Waals surface area contributed by atoms with E-state index in [1.807, 2.05) is 30.3 Å². The Labute approximate surface area is 104 Å². The summed E-state index contributed by atoms with van der Waals surface area (Å²) >= 11 is 0. The maximum absolute atomic E-state index is 11.9. The highest BCUT2D eigenvalue weighted by atomic mass is 16.4. The smallest absolute Gasteiger partial charge is 0.342 e. The monoisotopic (exact) mass is 244 g/mol. The number of benzene rings is 1. The average molecular weight is 244 g/mol. The summed E-state index contributed by atoms with van der Waals surface area (Å²) in [6, 6.07) is 10.3. The SMILES string of the molecule is Cc1c(O)cc(C(=O)Cc2ccccc2)oc1=O. The summed E-state index contributed by atoms with van der Waals surface area (Å²) in [7, 11) is 0. The molecule has 0 unspecified atom stereocenters. The third-order valence-electron chi connectivity index (χ3n) is 2.64. The topological polar surface area (TPSA) is 67.5 Å². The van der Waals surface area contributed by atoms with E-state index in [1.165, 1.54) is 13.0 Å². The number of carbonyl (C=O) groups excluding carboxylic acids is 1. The molecule has 1 heterocycles. The van der Waals surface area contributed by atoms with Gasteiger partial charge in [-0.25, -0.2) is 4.79 Å². The largest absolute Gasteiger partial charge is 0.507 e. The van der Waals surface area contributed by atoms with E-state index in [0.717, 1.165) is 5.56 Å². The Kier molecular flexibility index (Phi) is 3.28.